The van der Waals surface area contributed by atoms with E-state index in [0.717, 1.165) is 33.2 Å². The third kappa shape index (κ3) is 3.49. The van der Waals surface area contributed by atoms with Crippen molar-refractivity contribution in [3.63, 3.8) is 0 Å². The summed E-state index contributed by atoms with van der Waals surface area (Å²) in [5.41, 5.74) is 4.51. The lowest BCUT2D eigenvalue weighted by molar-refractivity contribution is 0.192. The summed E-state index contributed by atoms with van der Waals surface area (Å²) in [5.74, 6) is 0.752. The molecule has 0 unspecified atom stereocenters. The van der Waals surface area contributed by atoms with E-state index in [1.165, 1.54) is 11.3 Å². The van der Waals surface area contributed by atoms with E-state index >= 15 is 0 Å². The first-order chi connectivity index (χ1) is 14.2. The van der Waals surface area contributed by atoms with Gasteiger partial charge in [-0.15, -0.1) is 5.10 Å². The third-order valence-corrected chi connectivity index (χ3v) is 6.26. The fraction of sp³-hybridized carbons (Fsp3) is 0.227. The molecule has 7 heteroatoms. The average molecular weight is 404 g/mol. The average Bonchev–Trinajstić information content (AvgIpc) is 3.31. The first-order valence-corrected chi connectivity index (χ1v) is 10.5. The van der Waals surface area contributed by atoms with E-state index < -0.39 is 0 Å². The van der Waals surface area contributed by atoms with E-state index in [0.29, 0.717) is 19.6 Å². The summed E-state index contributed by atoms with van der Waals surface area (Å²) in [6.45, 7) is 3.89. The van der Waals surface area contributed by atoms with Crippen LogP contribution in [0.3, 0.4) is 0 Å². The summed E-state index contributed by atoms with van der Waals surface area (Å²) >= 11 is 1.62. The molecular weight excluding hydrogens is 382 g/mol. The summed E-state index contributed by atoms with van der Waals surface area (Å²) in [4.78, 5) is 21.2. The van der Waals surface area contributed by atoms with Crippen LogP contribution in [0.4, 0.5) is 4.79 Å². The van der Waals surface area contributed by atoms with Crippen molar-refractivity contribution in [2.75, 3.05) is 6.54 Å². The SMILES string of the molecule is Cc1ccc(-c2nc3sc4c(n3n2)CCN(C(=O)NCc2ccccc2)C4)cc1. The Morgan fingerprint density at radius 1 is 1.14 bits per heavy atom. The lowest BCUT2D eigenvalue weighted by Crippen LogP contribution is -2.42. The number of carbonyl (C=O) groups excluding carboxylic acids is 1. The molecule has 0 aliphatic carbocycles. The number of rotatable bonds is 3. The molecule has 1 N–H and O–H groups in total. The molecule has 5 rings (SSSR count). The molecular formula is C22H21N5OS. The van der Waals surface area contributed by atoms with E-state index in [-0.39, 0.29) is 6.03 Å². The standard InChI is InChI=1S/C22H21N5OS/c1-15-7-9-17(10-8-15)20-24-22-27(25-20)18-11-12-26(14-19(18)29-22)21(28)23-13-16-5-3-2-4-6-16/h2-10H,11-14H2,1H3,(H,23,28). The molecule has 0 bridgehead atoms. The van der Waals surface area contributed by atoms with Gasteiger partial charge in [0.1, 0.15) is 0 Å². The van der Waals surface area contributed by atoms with Gasteiger partial charge in [0.2, 0.25) is 4.96 Å². The van der Waals surface area contributed by atoms with Gasteiger partial charge in [0, 0.05) is 30.0 Å². The lowest BCUT2D eigenvalue weighted by Gasteiger charge is -2.26. The molecule has 0 saturated heterocycles. The quantitative estimate of drug-likeness (QED) is 0.562. The third-order valence-electron chi connectivity index (χ3n) is 5.21. The second-order valence-electron chi connectivity index (χ2n) is 7.28. The molecule has 0 atom stereocenters. The number of benzene rings is 2. The Bertz CT molecular complexity index is 1160. The zero-order chi connectivity index (χ0) is 19.8. The number of aromatic nitrogens is 3. The number of hydrogen-bond donors (Lipinski definition) is 1. The first-order valence-electron chi connectivity index (χ1n) is 9.68. The lowest BCUT2D eigenvalue weighted by atomic mass is 10.1. The van der Waals surface area contributed by atoms with Crippen molar-refractivity contribution < 1.29 is 4.79 Å². The van der Waals surface area contributed by atoms with Gasteiger partial charge < -0.3 is 10.2 Å². The molecule has 2 amide bonds. The van der Waals surface area contributed by atoms with Gasteiger partial charge >= 0.3 is 6.03 Å². The number of nitrogens with zero attached hydrogens (tertiary/aromatic N) is 4. The molecule has 0 fully saturated rings. The van der Waals surface area contributed by atoms with Crippen molar-refractivity contribution >= 4 is 22.3 Å². The second kappa shape index (κ2) is 7.33. The van der Waals surface area contributed by atoms with Crippen LogP contribution in [-0.4, -0.2) is 32.1 Å². The van der Waals surface area contributed by atoms with Gasteiger partial charge in [-0.05, 0) is 12.5 Å². The van der Waals surface area contributed by atoms with Gasteiger partial charge in [-0.1, -0.05) is 71.5 Å². The molecule has 4 aromatic rings. The van der Waals surface area contributed by atoms with Gasteiger partial charge in [0.15, 0.2) is 5.82 Å². The van der Waals surface area contributed by atoms with Gasteiger partial charge in [0.05, 0.1) is 12.2 Å². The van der Waals surface area contributed by atoms with Crippen LogP contribution in [0.1, 0.15) is 21.7 Å². The van der Waals surface area contributed by atoms with Gasteiger partial charge in [-0.2, -0.15) is 4.98 Å². The van der Waals surface area contributed by atoms with Crippen molar-refractivity contribution in [1.29, 1.82) is 0 Å². The number of hydrogen-bond acceptors (Lipinski definition) is 4. The van der Waals surface area contributed by atoms with Crippen LogP contribution in [0, 0.1) is 6.92 Å². The predicted octanol–water partition coefficient (Wildman–Crippen LogP) is 4.03. The number of urea groups is 1. The highest BCUT2D eigenvalue weighted by atomic mass is 32.1. The molecule has 3 heterocycles. The Morgan fingerprint density at radius 3 is 2.72 bits per heavy atom. The second-order valence-corrected chi connectivity index (χ2v) is 8.35. The fourth-order valence-corrected chi connectivity index (χ4v) is 4.69. The molecule has 0 radical (unpaired) electrons. The number of nitrogens with one attached hydrogen (secondary N) is 1. The Hall–Kier alpha value is -3.19. The maximum atomic E-state index is 12.6. The van der Waals surface area contributed by atoms with E-state index in [2.05, 4.69) is 36.5 Å². The zero-order valence-corrected chi connectivity index (χ0v) is 16.9. The Kier molecular flexibility index (Phi) is 4.52. The summed E-state index contributed by atoms with van der Waals surface area (Å²) in [6.07, 6.45) is 0.783. The summed E-state index contributed by atoms with van der Waals surface area (Å²) in [7, 11) is 0. The highest BCUT2D eigenvalue weighted by Crippen LogP contribution is 2.29. The maximum Gasteiger partial charge on any atom is 0.318 e. The van der Waals surface area contributed by atoms with E-state index in [1.807, 2.05) is 39.7 Å². The minimum absolute atomic E-state index is 0.0288. The normalized spacial score (nSPS) is 13.5. The number of amides is 2. The van der Waals surface area contributed by atoms with Crippen molar-refractivity contribution in [3.8, 4) is 11.4 Å². The summed E-state index contributed by atoms with van der Waals surface area (Å²) < 4.78 is 1.95. The zero-order valence-electron chi connectivity index (χ0n) is 16.1. The summed E-state index contributed by atoms with van der Waals surface area (Å²) in [6, 6.07) is 18.2. The van der Waals surface area contributed by atoms with Crippen molar-refractivity contribution in [1.82, 2.24) is 24.8 Å². The molecule has 6 nitrogen and oxygen atoms in total. The molecule has 2 aromatic carbocycles. The van der Waals surface area contributed by atoms with Gasteiger partial charge in [-0.3, -0.25) is 0 Å². The Balaban J connectivity index is 1.31. The van der Waals surface area contributed by atoms with Gasteiger partial charge in [0.25, 0.3) is 0 Å². The van der Waals surface area contributed by atoms with Crippen molar-refractivity contribution in [3.05, 3.63) is 76.3 Å². The smallest absolute Gasteiger partial charge is 0.318 e. The minimum atomic E-state index is -0.0288. The first kappa shape index (κ1) is 17.9. The van der Waals surface area contributed by atoms with Crippen LogP contribution < -0.4 is 5.32 Å². The number of thiazole rings is 1. The van der Waals surface area contributed by atoms with Crippen LogP contribution in [0.5, 0.6) is 0 Å². The number of aryl methyl sites for hydroxylation is 1. The Labute approximate surface area is 172 Å². The topological polar surface area (TPSA) is 62.5 Å². The van der Waals surface area contributed by atoms with Crippen LogP contribution in [-0.2, 0) is 19.5 Å². The monoisotopic (exact) mass is 403 g/mol. The molecule has 0 spiro atoms. The minimum Gasteiger partial charge on any atom is -0.334 e. The van der Waals surface area contributed by atoms with Crippen LogP contribution in [0.15, 0.2) is 54.6 Å². The van der Waals surface area contributed by atoms with Crippen molar-refractivity contribution in [2.24, 2.45) is 0 Å². The van der Waals surface area contributed by atoms with Crippen molar-refractivity contribution in [2.45, 2.75) is 26.4 Å². The molecule has 29 heavy (non-hydrogen) atoms. The summed E-state index contributed by atoms with van der Waals surface area (Å²) in [5, 5.41) is 7.74. The van der Waals surface area contributed by atoms with Gasteiger partial charge in [-0.25, -0.2) is 9.31 Å². The number of carbonyl (C=O) groups is 1. The highest BCUT2D eigenvalue weighted by Gasteiger charge is 2.26. The van der Waals surface area contributed by atoms with Crippen LogP contribution in [0.25, 0.3) is 16.3 Å². The van der Waals surface area contributed by atoms with Crippen LogP contribution in [0.2, 0.25) is 0 Å². The molecule has 1 aliphatic rings. The molecule has 0 saturated carbocycles. The fourth-order valence-electron chi connectivity index (χ4n) is 3.57. The molecule has 1 aliphatic heterocycles. The van der Waals surface area contributed by atoms with E-state index in [9.17, 15) is 4.79 Å². The maximum absolute atomic E-state index is 12.6. The largest absolute Gasteiger partial charge is 0.334 e. The van der Waals surface area contributed by atoms with E-state index in [1.54, 1.807) is 11.3 Å². The van der Waals surface area contributed by atoms with E-state index in [4.69, 9.17) is 10.1 Å². The highest BCUT2D eigenvalue weighted by molar-refractivity contribution is 7.17. The predicted molar refractivity (Wildman–Crippen MR) is 114 cm³/mol. The van der Waals surface area contributed by atoms with Crippen LogP contribution >= 0.6 is 11.3 Å². The Morgan fingerprint density at radius 2 is 1.93 bits per heavy atom. The molecule has 146 valence electrons. The molecule has 2 aromatic heterocycles. The number of fused-ring (bicyclic) bond motifs is 3.